The van der Waals surface area contributed by atoms with E-state index in [4.69, 9.17) is 0 Å². The minimum Gasteiger partial charge on any atom is -0.370 e. The molecule has 0 atom stereocenters. The van der Waals surface area contributed by atoms with Crippen LogP contribution in [-0.2, 0) is 6.54 Å². The molecule has 1 aromatic heterocycles. The Hall–Kier alpha value is -1.32. The molecule has 0 amide bonds. The minimum absolute atomic E-state index is 0.777. The Morgan fingerprint density at radius 2 is 2.38 bits per heavy atom. The first-order valence-electron chi connectivity index (χ1n) is 4.54. The number of aliphatic imine (C=N–C) groups is 1. The van der Waals surface area contributed by atoms with Gasteiger partial charge in [-0.3, -0.25) is 9.67 Å². The van der Waals surface area contributed by atoms with Crippen LogP contribution in [0.3, 0.4) is 0 Å². The fourth-order valence-electron chi connectivity index (χ4n) is 1.53. The number of amidine groups is 1. The van der Waals surface area contributed by atoms with Gasteiger partial charge in [0, 0.05) is 12.2 Å². The maximum absolute atomic E-state index is 4.37. The summed E-state index contributed by atoms with van der Waals surface area (Å²) in [6, 6.07) is 2.08. The molecule has 0 saturated carbocycles. The van der Waals surface area contributed by atoms with Crippen LogP contribution in [0.5, 0.6) is 0 Å². The van der Waals surface area contributed by atoms with Crippen LogP contribution < -0.4 is 5.32 Å². The summed E-state index contributed by atoms with van der Waals surface area (Å²) in [6.07, 6.45) is 0. The fraction of sp³-hybridized carbons (Fsp3) is 0.556. The number of rotatable bonds is 2. The predicted molar refractivity (Wildman–Crippen MR) is 52.0 cm³/mol. The highest BCUT2D eigenvalue weighted by Crippen LogP contribution is 2.02. The largest absolute Gasteiger partial charge is 0.370 e. The molecule has 1 aliphatic heterocycles. The van der Waals surface area contributed by atoms with E-state index in [0.29, 0.717) is 0 Å². The summed E-state index contributed by atoms with van der Waals surface area (Å²) in [5.41, 5.74) is 2.25. The molecule has 0 fully saturated rings. The Balaban J connectivity index is 2.12. The molecule has 0 saturated heterocycles. The van der Waals surface area contributed by atoms with Gasteiger partial charge < -0.3 is 5.32 Å². The number of nitrogens with one attached hydrogen (secondary N) is 1. The van der Waals surface area contributed by atoms with Crippen molar-refractivity contribution >= 4 is 5.84 Å². The quantitative estimate of drug-likeness (QED) is 0.716. The van der Waals surface area contributed by atoms with Gasteiger partial charge in [-0.15, -0.1) is 0 Å². The summed E-state index contributed by atoms with van der Waals surface area (Å²) in [7, 11) is 0. The van der Waals surface area contributed by atoms with Crippen molar-refractivity contribution < 1.29 is 0 Å². The SMILES string of the molecule is Cc1cc(C)n(CC2=NCCN2)n1. The predicted octanol–water partition coefficient (Wildman–Crippen LogP) is 0.502. The van der Waals surface area contributed by atoms with Gasteiger partial charge in [0.15, 0.2) is 0 Å². The number of aryl methyl sites for hydroxylation is 2. The second-order valence-corrected chi connectivity index (χ2v) is 3.34. The molecule has 0 spiro atoms. The second kappa shape index (κ2) is 3.20. The first kappa shape index (κ1) is 8.29. The van der Waals surface area contributed by atoms with Crippen molar-refractivity contribution in [3.63, 3.8) is 0 Å². The van der Waals surface area contributed by atoms with E-state index in [1.54, 1.807) is 0 Å². The van der Waals surface area contributed by atoms with Crippen LogP contribution in [-0.4, -0.2) is 28.7 Å². The van der Waals surface area contributed by atoms with E-state index in [2.05, 4.69) is 28.4 Å². The summed E-state index contributed by atoms with van der Waals surface area (Å²) < 4.78 is 1.98. The minimum atomic E-state index is 0.777. The molecule has 0 unspecified atom stereocenters. The number of nitrogens with zero attached hydrogens (tertiary/aromatic N) is 3. The van der Waals surface area contributed by atoms with Crippen LogP contribution in [0.1, 0.15) is 11.4 Å². The topological polar surface area (TPSA) is 42.2 Å². The number of aromatic nitrogens is 2. The first-order valence-corrected chi connectivity index (χ1v) is 4.54. The molecular formula is C9H14N4. The molecule has 4 nitrogen and oxygen atoms in total. The molecule has 0 aliphatic carbocycles. The molecule has 2 heterocycles. The van der Waals surface area contributed by atoms with Gasteiger partial charge in [0.2, 0.25) is 0 Å². The highest BCUT2D eigenvalue weighted by atomic mass is 15.3. The first-order chi connectivity index (χ1) is 6.25. The normalized spacial score (nSPS) is 15.7. The lowest BCUT2D eigenvalue weighted by Crippen LogP contribution is -2.24. The Labute approximate surface area is 77.7 Å². The Bertz CT molecular complexity index is 337. The van der Waals surface area contributed by atoms with Gasteiger partial charge in [-0.1, -0.05) is 0 Å². The second-order valence-electron chi connectivity index (χ2n) is 3.34. The van der Waals surface area contributed by atoms with Gasteiger partial charge >= 0.3 is 0 Å². The lowest BCUT2D eigenvalue weighted by Gasteiger charge is -2.04. The Morgan fingerprint density at radius 1 is 1.54 bits per heavy atom. The summed E-state index contributed by atoms with van der Waals surface area (Å²) in [6.45, 7) is 6.71. The molecule has 13 heavy (non-hydrogen) atoms. The highest BCUT2D eigenvalue weighted by Gasteiger charge is 2.07. The van der Waals surface area contributed by atoms with Crippen LogP contribution >= 0.6 is 0 Å². The summed E-state index contributed by atoms with van der Waals surface area (Å²) in [5, 5.41) is 7.60. The highest BCUT2D eigenvalue weighted by molar-refractivity contribution is 5.83. The molecule has 70 valence electrons. The Morgan fingerprint density at radius 3 is 2.92 bits per heavy atom. The smallest absolute Gasteiger partial charge is 0.118 e. The zero-order valence-electron chi connectivity index (χ0n) is 8.04. The van der Waals surface area contributed by atoms with Gasteiger partial charge in [0.05, 0.1) is 18.8 Å². The number of hydrogen-bond acceptors (Lipinski definition) is 3. The van der Waals surface area contributed by atoms with Gasteiger partial charge in [0.25, 0.3) is 0 Å². The Kier molecular flexibility index (Phi) is 2.04. The van der Waals surface area contributed by atoms with Crippen molar-refractivity contribution in [3.8, 4) is 0 Å². The maximum Gasteiger partial charge on any atom is 0.118 e. The fourth-order valence-corrected chi connectivity index (χ4v) is 1.53. The van der Waals surface area contributed by atoms with Crippen LogP contribution in [0.25, 0.3) is 0 Å². The van der Waals surface area contributed by atoms with E-state index in [1.165, 1.54) is 5.69 Å². The average molecular weight is 178 g/mol. The van der Waals surface area contributed by atoms with E-state index in [1.807, 2.05) is 11.6 Å². The average Bonchev–Trinajstić information content (AvgIpc) is 2.63. The summed E-state index contributed by atoms with van der Waals surface area (Å²) in [4.78, 5) is 4.33. The van der Waals surface area contributed by atoms with Gasteiger partial charge in [0.1, 0.15) is 5.84 Å². The monoisotopic (exact) mass is 178 g/mol. The van der Waals surface area contributed by atoms with E-state index in [0.717, 1.165) is 31.2 Å². The van der Waals surface area contributed by atoms with Crippen molar-refractivity contribution in [1.29, 1.82) is 0 Å². The standard InChI is InChI=1S/C9H14N4/c1-7-5-8(2)13(12-7)6-9-10-3-4-11-9/h5H,3-4,6H2,1-2H3,(H,10,11). The molecule has 1 aliphatic rings. The zero-order chi connectivity index (χ0) is 9.26. The van der Waals surface area contributed by atoms with Crippen molar-refractivity contribution in [2.24, 2.45) is 4.99 Å². The molecule has 1 aromatic rings. The van der Waals surface area contributed by atoms with E-state index < -0.39 is 0 Å². The molecule has 2 rings (SSSR count). The van der Waals surface area contributed by atoms with Crippen LogP contribution in [0.2, 0.25) is 0 Å². The van der Waals surface area contributed by atoms with E-state index in [9.17, 15) is 0 Å². The lowest BCUT2D eigenvalue weighted by molar-refractivity contribution is 0.683. The van der Waals surface area contributed by atoms with Crippen molar-refractivity contribution in [1.82, 2.24) is 15.1 Å². The van der Waals surface area contributed by atoms with Crippen molar-refractivity contribution in [2.45, 2.75) is 20.4 Å². The summed E-state index contributed by atoms with van der Waals surface area (Å²) >= 11 is 0. The van der Waals surface area contributed by atoms with Crippen LogP contribution in [0.4, 0.5) is 0 Å². The third-order valence-corrected chi connectivity index (χ3v) is 2.15. The summed E-state index contributed by atoms with van der Waals surface area (Å²) in [5.74, 6) is 1.05. The van der Waals surface area contributed by atoms with Crippen molar-refractivity contribution in [2.75, 3.05) is 13.1 Å². The molecule has 0 radical (unpaired) electrons. The van der Waals surface area contributed by atoms with Crippen LogP contribution in [0.15, 0.2) is 11.1 Å². The molecule has 1 N–H and O–H groups in total. The molecule has 0 bridgehead atoms. The lowest BCUT2D eigenvalue weighted by atomic mass is 10.4. The van der Waals surface area contributed by atoms with Gasteiger partial charge in [-0.25, -0.2) is 0 Å². The maximum atomic E-state index is 4.37. The van der Waals surface area contributed by atoms with E-state index in [-0.39, 0.29) is 0 Å². The molecular weight excluding hydrogens is 164 g/mol. The molecule has 4 heteroatoms. The molecule has 0 aromatic carbocycles. The van der Waals surface area contributed by atoms with Crippen LogP contribution in [0, 0.1) is 13.8 Å². The zero-order valence-corrected chi connectivity index (χ0v) is 8.04. The third kappa shape index (κ3) is 1.71. The number of hydrogen-bond donors (Lipinski definition) is 1. The third-order valence-electron chi connectivity index (χ3n) is 2.15. The van der Waals surface area contributed by atoms with E-state index >= 15 is 0 Å². The van der Waals surface area contributed by atoms with Crippen molar-refractivity contribution in [3.05, 3.63) is 17.5 Å². The van der Waals surface area contributed by atoms with Gasteiger partial charge in [-0.2, -0.15) is 5.10 Å². The van der Waals surface area contributed by atoms with Gasteiger partial charge in [-0.05, 0) is 19.9 Å².